The summed E-state index contributed by atoms with van der Waals surface area (Å²) in [5, 5.41) is 13.9. The molecule has 0 saturated heterocycles. The predicted molar refractivity (Wildman–Crippen MR) is 80.0 cm³/mol. The van der Waals surface area contributed by atoms with Crippen LogP contribution < -0.4 is 10.6 Å². The van der Waals surface area contributed by atoms with Gasteiger partial charge in [0.2, 0.25) is 0 Å². The number of anilines is 1. The first kappa shape index (κ1) is 16.3. The first-order valence-electron chi connectivity index (χ1n) is 6.64. The minimum atomic E-state index is -0.195. The summed E-state index contributed by atoms with van der Waals surface area (Å²) >= 11 is 0. The van der Waals surface area contributed by atoms with Gasteiger partial charge in [0.1, 0.15) is 5.82 Å². The minimum Gasteiger partial charge on any atom is -0.367 e. The van der Waals surface area contributed by atoms with Crippen molar-refractivity contribution in [1.29, 1.82) is 0 Å². The highest BCUT2D eigenvalue weighted by Gasteiger charge is 2.07. The van der Waals surface area contributed by atoms with Crippen molar-refractivity contribution in [2.24, 2.45) is 0 Å². The standard InChI is InChI=1S/C13H24N6O/c1-18(2)9-7-14-12-6-5-11(16-17-12)13(20)15-8-10-19(3)4/h5-6H,7-10H2,1-4H3,(H,14,17)(H,15,20). The van der Waals surface area contributed by atoms with Crippen LogP contribution in [0.1, 0.15) is 10.5 Å². The smallest absolute Gasteiger partial charge is 0.271 e. The largest absolute Gasteiger partial charge is 0.367 e. The molecule has 0 atom stereocenters. The van der Waals surface area contributed by atoms with Crippen molar-refractivity contribution in [1.82, 2.24) is 25.3 Å². The van der Waals surface area contributed by atoms with Crippen molar-refractivity contribution in [2.75, 3.05) is 59.7 Å². The van der Waals surface area contributed by atoms with Crippen molar-refractivity contribution in [2.45, 2.75) is 0 Å². The number of hydrogen-bond acceptors (Lipinski definition) is 6. The molecule has 0 unspecified atom stereocenters. The molecule has 2 N–H and O–H groups in total. The van der Waals surface area contributed by atoms with Crippen LogP contribution in [0.3, 0.4) is 0 Å². The van der Waals surface area contributed by atoms with Crippen molar-refractivity contribution in [3.63, 3.8) is 0 Å². The van der Waals surface area contributed by atoms with Crippen LogP contribution in [0, 0.1) is 0 Å². The number of likely N-dealkylation sites (N-methyl/N-ethyl adjacent to an activating group) is 2. The SMILES string of the molecule is CN(C)CCNC(=O)c1ccc(NCCN(C)C)nn1. The molecule has 1 rings (SSSR count). The number of amides is 1. The monoisotopic (exact) mass is 280 g/mol. The van der Waals surface area contributed by atoms with E-state index in [1.807, 2.05) is 33.1 Å². The molecule has 0 radical (unpaired) electrons. The highest BCUT2D eigenvalue weighted by Crippen LogP contribution is 2.01. The Morgan fingerprint density at radius 1 is 1.05 bits per heavy atom. The van der Waals surface area contributed by atoms with Gasteiger partial charge in [0.15, 0.2) is 5.69 Å². The molecular weight excluding hydrogens is 256 g/mol. The Hall–Kier alpha value is -1.73. The zero-order chi connectivity index (χ0) is 15.0. The molecule has 0 fully saturated rings. The van der Waals surface area contributed by atoms with Crippen LogP contribution in [0.5, 0.6) is 0 Å². The lowest BCUT2D eigenvalue weighted by Crippen LogP contribution is -2.32. The molecule has 0 saturated carbocycles. The van der Waals surface area contributed by atoms with Crippen LogP contribution in [0.4, 0.5) is 5.82 Å². The van der Waals surface area contributed by atoms with Crippen LogP contribution >= 0.6 is 0 Å². The fraction of sp³-hybridized carbons (Fsp3) is 0.615. The maximum atomic E-state index is 11.8. The summed E-state index contributed by atoms with van der Waals surface area (Å²) in [7, 11) is 7.93. The first-order valence-corrected chi connectivity index (χ1v) is 6.64. The van der Waals surface area contributed by atoms with Gasteiger partial charge in [-0.3, -0.25) is 4.79 Å². The van der Waals surface area contributed by atoms with Crippen molar-refractivity contribution >= 4 is 11.7 Å². The van der Waals surface area contributed by atoms with Gasteiger partial charge in [-0.15, -0.1) is 10.2 Å². The second-order valence-electron chi connectivity index (χ2n) is 5.09. The van der Waals surface area contributed by atoms with Crippen LogP contribution in [0.2, 0.25) is 0 Å². The third kappa shape index (κ3) is 6.44. The fourth-order valence-electron chi connectivity index (χ4n) is 1.44. The second-order valence-corrected chi connectivity index (χ2v) is 5.09. The maximum absolute atomic E-state index is 11.8. The Kier molecular flexibility index (Phi) is 6.89. The topological polar surface area (TPSA) is 73.4 Å². The third-order valence-corrected chi connectivity index (χ3v) is 2.61. The van der Waals surface area contributed by atoms with Crippen molar-refractivity contribution in [3.05, 3.63) is 17.8 Å². The van der Waals surface area contributed by atoms with Gasteiger partial charge in [-0.25, -0.2) is 0 Å². The Morgan fingerprint density at radius 3 is 2.25 bits per heavy atom. The van der Waals surface area contributed by atoms with E-state index in [9.17, 15) is 4.79 Å². The summed E-state index contributed by atoms with van der Waals surface area (Å²) in [5.41, 5.74) is 0.335. The lowest BCUT2D eigenvalue weighted by Gasteiger charge is -2.11. The number of aromatic nitrogens is 2. The molecule has 7 heteroatoms. The second kappa shape index (κ2) is 8.44. The number of nitrogens with zero attached hydrogens (tertiary/aromatic N) is 4. The van der Waals surface area contributed by atoms with Crippen LogP contribution in [0.25, 0.3) is 0 Å². The van der Waals surface area contributed by atoms with E-state index in [0.717, 1.165) is 19.6 Å². The van der Waals surface area contributed by atoms with E-state index in [-0.39, 0.29) is 5.91 Å². The van der Waals surface area contributed by atoms with Gasteiger partial charge < -0.3 is 20.4 Å². The summed E-state index contributed by atoms with van der Waals surface area (Å²) in [6.07, 6.45) is 0. The molecule has 0 aliphatic rings. The molecule has 1 amide bonds. The molecule has 0 bridgehead atoms. The predicted octanol–water partition coefficient (Wildman–Crippen LogP) is -0.258. The van der Waals surface area contributed by atoms with E-state index in [4.69, 9.17) is 0 Å². The first-order chi connectivity index (χ1) is 9.49. The van der Waals surface area contributed by atoms with Crippen LogP contribution in [-0.2, 0) is 0 Å². The van der Waals surface area contributed by atoms with E-state index in [2.05, 4.69) is 25.7 Å². The summed E-state index contributed by atoms with van der Waals surface area (Å²) in [5.74, 6) is 0.482. The third-order valence-electron chi connectivity index (χ3n) is 2.61. The molecule has 20 heavy (non-hydrogen) atoms. The van der Waals surface area contributed by atoms with E-state index in [1.165, 1.54) is 0 Å². The van der Waals surface area contributed by atoms with Gasteiger partial charge in [-0.2, -0.15) is 0 Å². The molecule has 0 aliphatic heterocycles. The number of nitrogens with one attached hydrogen (secondary N) is 2. The Bertz CT molecular complexity index is 404. The molecule has 0 aromatic carbocycles. The minimum absolute atomic E-state index is 0.195. The van der Waals surface area contributed by atoms with Gasteiger partial charge in [-0.05, 0) is 40.3 Å². The molecule has 1 heterocycles. The van der Waals surface area contributed by atoms with Crippen molar-refractivity contribution < 1.29 is 4.79 Å². The molecule has 7 nitrogen and oxygen atoms in total. The molecular formula is C13H24N6O. The summed E-state index contributed by atoms with van der Waals surface area (Å²) < 4.78 is 0. The van der Waals surface area contributed by atoms with Gasteiger partial charge in [0.25, 0.3) is 5.91 Å². The number of carbonyl (C=O) groups excluding carboxylic acids is 1. The number of rotatable bonds is 8. The molecule has 0 aliphatic carbocycles. The zero-order valence-corrected chi connectivity index (χ0v) is 12.7. The molecule has 0 spiro atoms. The lowest BCUT2D eigenvalue weighted by molar-refractivity contribution is 0.0945. The van der Waals surface area contributed by atoms with E-state index >= 15 is 0 Å². The van der Waals surface area contributed by atoms with Gasteiger partial charge in [0.05, 0.1) is 0 Å². The molecule has 112 valence electrons. The van der Waals surface area contributed by atoms with E-state index in [0.29, 0.717) is 18.1 Å². The molecule has 1 aromatic rings. The summed E-state index contributed by atoms with van der Waals surface area (Å²) in [4.78, 5) is 15.9. The van der Waals surface area contributed by atoms with Crippen LogP contribution in [0.15, 0.2) is 12.1 Å². The van der Waals surface area contributed by atoms with Gasteiger partial charge in [-0.1, -0.05) is 0 Å². The highest BCUT2D eigenvalue weighted by atomic mass is 16.1. The summed E-state index contributed by atoms with van der Waals surface area (Å²) in [6.45, 7) is 3.09. The highest BCUT2D eigenvalue weighted by molar-refractivity contribution is 5.92. The Balaban J connectivity index is 2.39. The van der Waals surface area contributed by atoms with Gasteiger partial charge in [0, 0.05) is 26.2 Å². The Morgan fingerprint density at radius 2 is 1.70 bits per heavy atom. The van der Waals surface area contributed by atoms with E-state index < -0.39 is 0 Å². The molecule has 1 aromatic heterocycles. The normalized spacial score (nSPS) is 10.9. The van der Waals surface area contributed by atoms with Crippen LogP contribution in [-0.4, -0.2) is 80.3 Å². The zero-order valence-electron chi connectivity index (χ0n) is 12.7. The average molecular weight is 280 g/mol. The summed E-state index contributed by atoms with van der Waals surface area (Å²) in [6, 6.07) is 3.44. The maximum Gasteiger partial charge on any atom is 0.271 e. The van der Waals surface area contributed by atoms with E-state index in [1.54, 1.807) is 12.1 Å². The van der Waals surface area contributed by atoms with Gasteiger partial charge >= 0.3 is 0 Å². The fourth-order valence-corrected chi connectivity index (χ4v) is 1.44. The lowest BCUT2D eigenvalue weighted by atomic mass is 10.3. The number of hydrogen-bond donors (Lipinski definition) is 2. The number of carbonyl (C=O) groups is 1. The van der Waals surface area contributed by atoms with Crippen molar-refractivity contribution in [3.8, 4) is 0 Å². The average Bonchev–Trinajstić information content (AvgIpc) is 2.38. The Labute approximate surface area is 120 Å². The quantitative estimate of drug-likeness (QED) is 0.683.